The maximum Gasteiger partial charge on any atom is 0.248 e. The van der Waals surface area contributed by atoms with Crippen molar-refractivity contribution in [3.8, 4) is 5.75 Å². The second-order valence-electron chi connectivity index (χ2n) is 10.8. The Balaban J connectivity index is 1.54. The van der Waals surface area contributed by atoms with Crippen LogP contribution in [0.3, 0.4) is 0 Å². The number of ketones is 2. The van der Waals surface area contributed by atoms with Crippen molar-refractivity contribution >= 4 is 49.7 Å². The number of fused-ring (bicyclic) bond motifs is 1. The molecule has 1 aliphatic carbocycles. The van der Waals surface area contributed by atoms with E-state index in [1.165, 1.54) is 60.4 Å². The molecular weight excluding hydrogens is 590 g/mol. The van der Waals surface area contributed by atoms with Gasteiger partial charge in [-0.05, 0) is 73.9 Å². The number of carbonyl (C=O) groups is 3. The minimum atomic E-state index is -4.32. The molecule has 2 heterocycles. The Hall–Kier alpha value is -4.13. The summed E-state index contributed by atoms with van der Waals surface area (Å²) in [4.78, 5) is 55.1. The summed E-state index contributed by atoms with van der Waals surface area (Å²) in [6.45, 7) is 2.86. The number of nitrogens with one attached hydrogen (secondary N) is 2. The average molecular weight is 622 g/mol. The molecule has 0 saturated heterocycles. The van der Waals surface area contributed by atoms with Gasteiger partial charge in [-0.2, -0.15) is 4.72 Å². The number of hydrogen-bond acceptors (Lipinski definition) is 8. The van der Waals surface area contributed by atoms with Gasteiger partial charge in [0, 0.05) is 22.0 Å². The average Bonchev–Trinajstić information content (AvgIpc) is 3.60. The van der Waals surface area contributed by atoms with Gasteiger partial charge in [0.15, 0.2) is 0 Å². The van der Waals surface area contributed by atoms with Gasteiger partial charge in [0.1, 0.15) is 30.0 Å². The van der Waals surface area contributed by atoms with Crippen molar-refractivity contribution in [3.63, 3.8) is 0 Å². The van der Waals surface area contributed by atoms with Crippen molar-refractivity contribution in [2.45, 2.75) is 44.2 Å². The summed E-state index contributed by atoms with van der Waals surface area (Å²) in [5.41, 5.74) is -0.198. The van der Waals surface area contributed by atoms with Gasteiger partial charge in [-0.3, -0.25) is 19.2 Å². The molecule has 2 N–H and O–H groups in total. The van der Waals surface area contributed by atoms with Crippen LogP contribution in [0.4, 0.5) is 0 Å². The van der Waals surface area contributed by atoms with Crippen LogP contribution in [0, 0.1) is 5.41 Å². The first-order valence-corrected chi connectivity index (χ1v) is 16.0. The minimum Gasteiger partial charge on any atom is -0.492 e. The van der Waals surface area contributed by atoms with Crippen molar-refractivity contribution in [1.29, 1.82) is 0 Å². The van der Waals surface area contributed by atoms with Crippen LogP contribution in [0.15, 0.2) is 81.8 Å². The van der Waals surface area contributed by atoms with Crippen molar-refractivity contribution in [2.24, 2.45) is 5.41 Å². The standard InChI is InChI=1S/C31H31N3O7S2/c1-20(35)17-34(18-23-6-5-15-42-23)30(38)29(25-7-3-4-8-27(25)41-19-31(13-14-31)21(2)36)33-43(39,40)24-10-11-26-22(16-24)9-12-28(37)32-26/h3-12,15-16,29,33H,13-14,17-19H2,1-2H3,(H,32,37)/t29-/m1/s1. The van der Waals surface area contributed by atoms with Crippen LogP contribution in [-0.2, 0) is 31.0 Å². The van der Waals surface area contributed by atoms with Crippen molar-refractivity contribution in [1.82, 2.24) is 14.6 Å². The highest BCUT2D eigenvalue weighted by Gasteiger charge is 2.48. The summed E-state index contributed by atoms with van der Waals surface area (Å²) in [6.07, 6.45) is 1.39. The van der Waals surface area contributed by atoms with Gasteiger partial charge >= 0.3 is 0 Å². The van der Waals surface area contributed by atoms with Crippen LogP contribution in [0.25, 0.3) is 10.9 Å². The Kier molecular flexibility index (Phi) is 8.63. The molecule has 5 rings (SSSR count). The normalized spacial score (nSPS) is 14.7. The van der Waals surface area contributed by atoms with E-state index in [0.717, 1.165) is 4.88 Å². The highest BCUT2D eigenvalue weighted by molar-refractivity contribution is 7.89. The van der Waals surface area contributed by atoms with E-state index >= 15 is 0 Å². The zero-order valence-electron chi connectivity index (χ0n) is 23.7. The van der Waals surface area contributed by atoms with Gasteiger partial charge in [0.25, 0.3) is 0 Å². The number of sulfonamides is 1. The lowest BCUT2D eigenvalue weighted by Crippen LogP contribution is -2.44. The van der Waals surface area contributed by atoms with Gasteiger partial charge in [0.05, 0.1) is 23.4 Å². The number of benzene rings is 2. The first-order valence-electron chi connectivity index (χ1n) is 13.7. The molecule has 1 amide bonds. The number of para-hydroxylation sites is 1. The van der Waals surface area contributed by atoms with E-state index < -0.39 is 27.4 Å². The first kappa shape index (κ1) is 30.3. The smallest absolute Gasteiger partial charge is 0.248 e. The van der Waals surface area contributed by atoms with Gasteiger partial charge in [-0.15, -0.1) is 11.3 Å². The van der Waals surface area contributed by atoms with E-state index in [2.05, 4.69) is 9.71 Å². The number of hydrogen-bond donors (Lipinski definition) is 2. The third-order valence-corrected chi connectivity index (χ3v) is 9.79. The number of aromatic amines is 1. The zero-order chi connectivity index (χ0) is 30.8. The van der Waals surface area contributed by atoms with Crippen LogP contribution in [-0.4, -0.2) is 48.9 Å². The van der Waals surface area contributed by atoms with Crippen LogP contribution in [0.5, 0.6) is 5.75 Å². The van der Waals surface area contributed by atoms with Crippen molar-refractivity contribution < 1.29 is 27.5 Å². The lowest BCUT2D eigenvalue weighted by molar-refractivity contribution is -0.137. The van der Waals surface area contributed by atoms with E-state index in [4.69, 9.17) is 4.74 Å². The largest absolute Gasteiger partial charge is 0.492 e. The number of ether oxygens (including phenoxy) is 1. The van der Waals surface area contributed by atoms with E-state index in [0.29, 0.717) is 23.7 Å². The molecule has 224 valence electrons. The van der Waals surface area contributed by atoms with Gasteiger partial charge in [-0.25, -0.2) is 8.42 Å². The second kappa shape index (κ2) is 12.2. The number of rotatable bonds is 13. The highest BCUT2D eigenvalue weighted by atomic mass is 32.2. The summed E-state index contributed by atoms with van der Waals surface area (Å²) in [7, 11) is -4.32. The SMILES string of the molecule is CC(=O)CN(Cc1cccs1)C(=O)[C@H](NS(=O)(=O)c1ccc2[nH]c(=O)ccc2c1)c1ccccc1OCC1(C(C)=O)CC1. The molecular formula is C31H31N3O7S2. The minimum absolute atomic E-state index is 0.0135. The fraction of sp³-hybridized carbons (Fsp3) is 0.290. The molecule has 1 aliphatic rings. The van der Waals surface area contributed by atoms with Crippen LogP contribution in [0.1, 0.15) is 43.2 Å². The predicted molar refractivity (Wildman–Crippen MR) is 162 cm³/mol. The molecule has 1 fully saturated rings. The summed E-state index contributed by atoms with van der Waals surface area (Å²) >= 11 is 1.41. The molecule has 10 nitrogen and oxygen atoms in total. The van der Waals surface area contributed by atoms with Gasteiger partial charge in [-0.1, -0.05) is 24.3 Å². The molecule has 0 radical (unpaired) electrons. The second-order valence-corrected chi connectivity index (χ2v) is 13.5. The number of amides is 1. The molecule has 2 aromatic carbocycles. The number of pyridine rings is 1. The quantitative estimate of drug-likeness (QED) is 0.230. The van der Waals surface area contributed by atoms with Crippen LogP contribution >= 0.6 is 11.3 Å². The third kappa shape index (κ3) is 6.93. The topological polar surface area (TPSA) is 143 Å². The molecule has 0 spiro atoms. The molecule has 4 aromatic rings. The highest BCUT2D eigenvalue weighted by Crippen LogP contribution is 2.47. The molecule has 1 atom stereocenters. The summed E-state index contributed by atoms with van der Waals surface area (Å²) in [5.74, 6) is -0.636. The first-order chi connectivity index (χ1) is 20.5. The zero-order valence-corrected chi connectivity index (χ0v) is 25.3. The van der Waals surface area contributed by atoms with E-state index in [-0.39, 0.29) is 53.0 Å². The number of H-pyrrole nitrogens is 1. The Morgan fingerprint density at radius 3 is 2.49 bits per heavy atom. The number of nitrogens with zero attached hydrogens (tertiary/aromatic N) is 1. The third-order valence-electron chi connectivity index (χ3n) is 7.51. The summed E-state index contributed by atoms with van der Waals surface area (Å²) in [6, 6.07) is 15.8. The summed E-state index contributed by atoms with van der Waals surface area (Å²) in [5, 5.41) is 2.34. The fourth-order valence-electron chi connectivity index (χ4n) is 4.84. The molecule has 12 heteroatoms. The number of thiophene rings is 1. The Labute approximate surface area is 252 Å². The number of carbonyl (C=O) groups excluding carboxylic acids is 3. The van der Waals surface area contributed by atoms with Crippen molar-refractivity contribution in [2.75, 3.05) is 13.2 Å². The molecule has 0 unspecified atom stereocenters. The monoisotopic (exact) mass is 621 g/mol. The molecule has 0 aliphatic heterocycles. The lowest BCUT2D eigenvalue weighted by atomic mass is 10.0. The molecule has 43 heavy (non-hydrogen) atoms. The van der Waals surface area contributed by atoms with Gasteiger partial charge < -0.3 is 14.6 Å². The van der Waals surface area contributed by atoms with Crippen LogP contribution < -0.4 is 15.0 Å². The Morgan fingerprint density at radius 2 is 1.81 bits per heavy atom. The van der Waals surface area contributed by atoms with E-state index in [1.807, 2.05) is 17.5 Å². The Bertz CT molecular complexity index is 1840. The maximum atomic E-state index is 14.2. The molecule has 0 bridgehead atoms. The van der Waals surface area contributed by atoms with E-state index in [9.17, 15) is 27.6 Å². The number of aromatic nitrogens is 1. The van der Waals surface area contributed by atoms with E-state index in [1.54, 1.807) is 24.3 Å². The van der Waals surface area contributed by atoms with Gasteiger partial charge in [0.2, 0.25) is 21.5 Å². The van der Waals surface area contributed by atoms with Crippen LogP contribution in [0.2, 0.25) is 0 Å². The fourth-order valence-corrected chi connectivity index (χ4v) is 6.76. The Morgan fingerprint density at radius 1 is 1.05 bits per heavy atom. The maximum absolute atomic E-state index is 14.2. The number of Topliss-reactive ketones (excluding diaryl/α,β-unsaturated/α-hetero) is 2. The predicted octanol–water partition coefficient (Wildman–Crippen LogP) is 3.98. The molecule has 2 aromatic heterocycles. The lowest BCUT2D eigenvalue weighted by Gasteiger charge is -2.28. The molecule has 1 saturated carbocycles. The van der Waals surface area contributed by atoms with Crippen molar-refractivity contribution in [3.05, 3.63) is 92.9 Å². The summed E-state index contributed by atoms with van der Waals surface area (Å²) < 4.78 is 36.3.